The van der Waals surface area contributed by atoms with E-state index in [2.05, 4.69) is 40.0 Å². The van der Waals surface area contributed by atoms with Crippen molar-refractivity contribution in [3.63, 3.8) is 0 Å². The molecule has 1 heterocycles. The van der Waals surface area contributed by atoms with Gasteiger partial charge in [0.2, 0.25) is 65.0 Å². The molecule has 12 atom stereocenters. The van der Waals surface area contributed by atoms with Crippen LogP contribution in [-0.4, -0.2) is 251 Å². The molecule has 0 aromatic heterocycles. The van der Waals surface area contributed by atoms with Crippen LogP contribution in [0.3, 0.4) is 0 Å². The summed E-state index contributed by atoms with van der Waals surface area (Å²) in [6.45, 7) is 37.2. The molecule has 1 saturated heterocycles. The molecule has 11 amide bonds. The minimum absolute atomic E-state index is 0.0980. The molecule has 4 N–H and O–H groups in total. The molecule has 0 spiro atoms. The number of thioether (sulfide) groups is 1. The largest absolute Gasteiger partial charge is 0.343 e. The quantitative estimate of drug-likeness (QED) is 0.0746. The number of amides is 11. The number of nitrogens with one attached hydrogen (secondary N) is 4. The number of carbonyl (C=O) groups is 11. The van der Waals surface area contributed by atoms with Gasteiger partial charge in [-0.25, -0.2) is 0 Å². The minimum Gasteiger partial charge on any atom is -0.343 e. The Bertz CT molecular complexity index is 2490. The van der Waals surface area contributed by atoms with Gasteiger partial charge in [-0.15, -0.1) is 0 Å². The first kappa shape index (κ1) is 85.2. The van der Waals surface area contributed by atoms with E-state index in [0.29, 0.717) is 18.7 Å². The zero-order valence-corrected chi connectivity index (χ0v) is 62.8. The molecule has 24 heteroatoms. The van der Waals surface area contributed by atoms with Crippen molar-refractivity contribution >= 4 is 76.7 Å². The summed E-state index contributed by atoms with van der Waals surface area (Å²) in [4.78, 5) is 175. The van der Waals surface area contributed by atoms with Gasteiger partial charge < -0.3 is 60.5 Å². The summed E-state index contributed by atoms with van der Waals surface area (Å²) in [5.74, 6) is -7.56. The van der Waals surface area contributed by atoms with Gasteiger partial charge in [-0.05, 0) is 120 Å². The smallest absolute Gasteiger partial charge is 0.246 e. The molecule has 534 valence electrons. The molecule has 1 rings (SSSR count). The van der Waals surface area contributed by atoms with Crippen LogP contribution in [0.4, 0.5) is 0 Å². The van der Waals surface area contributed by atoms with Crippen molar-refractivity contribution in [2.24, 2.45) is 41.4 Å². The van der Waals surface area contributed by atoms with Crippen LogP contribution in [0.15, 0.2) is 12.2 Å². The summed E-state index contributed by atoms with van der Waals surface area (Å²) in [5.41, 5.74) is 0. The molecular formula is C69H126N12O11S. The van der Waals surface area contributed by atoms with Crippen molar-refractivity contribution in [3.05, 3.63) is 12.2 Å². The number of likely N-dealkylation sites (N-methyl/N-ethyl adjacent to an activating group) is 7. The van der Waals surface area contributed by atoms with E-state index in [0.717, 1.165) is 13.1 Å². The van der Waals surface area contributed by atoms with Gasteiger partial charge in [0.05, 0.1) is 0 Å². The highest BCUT2D eigenvalue weighted by molar-refractivity contribution is 7.99. The lowest BCUT2D eigenvalue weighted by Crippen LogP contribution is -2.62. The second-order valence-electron chi connectivity index (χ2n) is 28.4. The molecule has 93 heavy (non-hydrogen) atoms. The van der Waals surface area contributed by atoms with Crippen LogP contribution in [0.2, 0.25) is 0 Å². The van der Waals surface area contributed by atoms with Gasteiger partial charge in [0.15, 0.2) is 0 Å². The molecule has 0 radical (unpaired) electrons. The molecule has 1 aliphatic heterocycles. The summed E-state index contributed by atoms with van der Waals surface area (Å²) < 4.78 is 0. The van der Waals surface area contributed by atoms with Crippen LogP contribution >= 0.6 is 11.8 Å². The van der Waals surface area contributed by atoms with Gasteiger partial charge in [-0.1, -0.05) is 123 Å². The molecule has 0 aliphatic carbocycles. The molecule has 23 nitrogen and oxygen atoms in total. The highest BCUT2D eigenvalue weighted by atomic mass is 32.2. The standard InChI is InChI=1S/C69H126N12O11S/c1-27-31-32-47(17)39-53-61(84)72-50(28-2)64(87)79(25)56(40-93-34-33-81(29-3)30-4)67(90)74(20)52(36-42(7)8)62(85)73-57(45(13)14)68(91)75(21)51(35-41(5)6)60(83)70-48(18)59(82)71-49(19)63(86)77(23)54(37-43(9)10)65(88)78(24)55(38-44(11)12)66(89)80(26)58(46(15)16)69(92)76(53)22/h27,31,41-58H,28-30,32-40H2,1-26H3,(H,70,83)(H,71,82)(H,72,84)(H,73,85)/b31-27+/t47-,48-,49+,50+,51-,52+,53+,54+,55+,56-,57-,58+/m1/s1. The topological polar surface area (TPSA) is 262 Å². The normalized spacial score (nSPS) is 26.1. The number of hydrogen-bond donors (Lipinski definition) is 4. The van der Waals surface area contributed by atoms with Crippen molar-refractivity contribution < 1.29 is 52.7 Å². The van der Waals surface area contributed by atoms with Crippen LogP contribution in [0.5, 0.6) is 0 Å². The molecule has 1 fully saturated rings. The van der Waals surface area contributed by atoms with Crippen LogP contribution in [0, 0.1) is 41.4 Å². The molecule has 0 aromatic rings. The van der Waals surface area contributed by atoms with Crippen LogP contribution < -0.4 is 21.3 Å². The van der Waals surface area contributed by atoms with Gasteiger partial charge in [0.25, 0.3) is 0 Å². The van der Waals surface area contributed by atoms with E-state index >= 15 is 28.8 Å². The number of carbonyl (C=O) groups excluding carboxylic acids is 11. The van der Waals surface area contributed by atoms with Crippen LogP contribution in [-0.2, 0) is 52.7 Å². The molecule has 0 bridgehead atoms. The Morgan fingerprint density at radius 3 is 1.27 bits per heavy atom. The Kier molecular flexibility index (Phi) is 37.2. The van der Waals surface area contributed by atoms with Crippen molar-refractivity contribution in [1.29, 1.82) is 0 Å². The molecule has 0 unspecified atom stereocenters. The van der Waals surface area contributed by atoms with Gasteiger partial charge in [-0.2, -0.15) is 11.8 Å². The van der Waals surface area contributed by atoms with Crippen molar-refractivity contribution in [1.82, 2.24) is 60.5 Å². The monoisotopic (exact) mass is 1330 g/mol. The average Bonchev–Trinajstić information content (AvgIpc) is 2.40. The Morgan fingerprint density at radius 1 is 0.430 bits per heavy atom. The summed E-state index contributed by atoms with van der Waals surface area (Å²) in [6.07, 6.45) is 5.41. The molecule has 1 aliphatic rings. The Balaban J connectivity index is 4.50. The van der Waals surface area contributed by atoms with Crippen molar-refractivity contribution in [3.8, 4) is 0 Å². The Morgan fingerprint density at radius 2 is 0.817 bits per heavy atom. The number of rotatable bonds is 22. The lowest BCUT2D eigenvalue weighted by Gasteiger charge is -2.41. The summed E-state index contributed by atoms with van der Waals surface area (Å²) >= 11 is 1.48. The van der Waals surface area contributed by atoms with Gasteiger partial charge in [0, 0.05) is 67.4 Å². The fraction of sp³-hybridized carbons (Fsp3) is 0.812. The number of nitrogens with zero attached hydrogens (tertiary/aromatic N) is 8. The first-order valence-electron chi connectivity index (χ1n) is 34.2. The maximum atomic E-state index is 15.4. The third-order valence-electron chi connectivity index (χ3n) is 17.9. The lowest BCUT2D eigenvalue weighted by molar-refractivity contribution is -0.156. The summed E-state index contributed by atoms with van der Waals surface area (Å²) in [7, 11) is 10.5. The van der Waals surface area contributed by atoms with Crippen LogP contribution in [0.1, 0.15) is 176 Å². The predicted octanol–water partition coefficient (Wildman–Crippen LogP) is 5.74. The van der Waals surface area contributed by atoms with E-state index in [4.69, 9.17) is 0 Å². The van der Waals surface area contributed by atoms with E-state index in [1.165, 1.54) is 109 Å². The zero-order valence-electron chi connectivity index (χ0n) is 62.0. The van der Waals surface area contributed by atoms with E-state index < -0.39 is 143 Å². The van der Waals surface area contributed by atoms with Crippen molar-refractivity contribution in [2.75, 3.05) is 80.5 Å². The lowest BCUT2D eigenvalue weighted by atomic mass is 9.93. The second-order valence-corrected chi connectivity index (χ2v) is 29.5. The highest BCUT2D eigenvalue weighted by Crippen LogP contribution is 2.26. The Hall–Kier alpha value is -5.78. The number of hydrogen-bond acceptors (Lipinski definition) is 13. The second kappa shape index (κ2) is 40.6. The summed E-state index contributed by atoms with van der Waals surface area (Å²) in [6, 6.07) is -12.8. The highest BCUT2D eigenvalue weighted by Gasteiger charge is 2.45. The van der Waals surface area contributed by atoms with Gasteiger partial charge in [-0.3, -0.25) is 52.7 Å². The third kappa shape index (κ3) is 25.4. The molecular weight excluding hydrogens is 1200 g/mol. The zero-order chi connectivity index (χ0) is 71.8. The summed E-state index contributed by atoms with van der Waals surface area (Å²) in [5, 5.41) is 11.4. The minimum atomic E-state index is -1.22. The maximum absolute atomic E-state index is 15.4. The molecule has 0 saturated carbocycles. The first-order chi connectivity index (χ1) is 43.2. The average molecular weight is 1330 g/mol. The van der Waals surface area contributed by atoms with Crippen LogP contribution in [0.25, 0.3) is 0 Å². The van der Waals surface area contributed by atoms with Crippen molar-refractivity contribution in [2.45, 2.75) is 243 Å². The predicted molar refractivity (Wildman–Crippen MR) is 371 cm³/mol. The van der Waals surface area contributed by atoms with E-state index in [1.54, 1.807) is 34.6 Å². The number of allylic oxidation sites excluding steroid dienone is 2. The third-order valence-corrected chi connectivity index (χ3v) is 19.0. The van der Waals surface area contributed by atoms with Gasteiger partial charge >= 0.3 is 0 Å². The maximum Gasteiger partial charge on any atom is 0.246 e. The first-order valence-corrected chi connectivity index (χ1v) is 35.3. The van der Waals surface area contributed by atoms with E-state index in [1.807, 2.05) is 81.4 Å². The SMILES string of the molecule is C/C=C/C[C@@H](C)C[C@H]1C(=O)N[C@@H](CC)C(=O)N(C)[C@H](CSCCN(CC)CC)C(=O)N(C)[C@@H](CC(C)C)C(=O)N[C@H](C(C)C)C(=O)N(C)[C@H](CC(C)C)C(=O)N[C@H](C)C(=O)N[C@@H](C)C(=O)N(C)[C@@H](CC(C)C)C(=O)N(C)[C@@H](CC(C)C)C(=O)N(C)[C@@H](C(C)C)C(=O)N1C. The van der Waals surface area contributed by atoms with E-state index in [-0.39, 0.29) is 73.9 Å². The fourth-order valence-corrected chi connectivity index (χ4v) is 13.0. The van der Waals surface area contributed by atoms with Gasteiger partial charge in [0.1, 0.15) is 66.5 Å². The van der Waals surface area contributed by atoms with E-state index in [9.17, 15) is 24.0 Å². The fourth-order valence-electron chi connectivity index (χ4n) is 11.9. The Labute approximate surface area is 564 Å². The molecule has 0 aromatic carbocycles.